The smallest absolute Gasteiger partial charge is 0.321 e. The fourth-order valence-corrected chi connectivity index (χ4v) is 1.59. The van der Waals surface area contributed by atoms with Gasteiger partial charge in [0.15, 0.2) is 0 Å². The highest BCUT2D eigenvalue weighted by molar-refractivity contribution is 5.90. The number of aryl methyl sites for hydroxylation is 1. The van der Waals surface area contributed by atoms with Crippen molar-refractivity contribution in [2.24, 2.45) is 0 Å². The first-order chi connectivity index (χ1) is 8.06. The first-order valence-electron chi connectivity index (χ1n) is 6.14. The summed E-state index contributed by atoms with van der Waals surface area (Å²) in [7, 11) is 1.83. The van der Waals surface area contributed by atoms with Crippen molar-refractivity contribution < 1.29 is 4.79 Å². The van der Waals surface area contributed by atoms with Gasteiger partial charge in [-0.3, -0.25) is 0 Å². The zero-order valence-electron chi connectivity index (χ0n) is 11.2. The number of unbranched alkanes of at least 4 members (excludes halogenated alkanes) is 1. The topological polar surface area (TPSA) is 32.3 Å². The van der Waals surface area contributed by atoms with Crippen molar-refractivity contribution in [2.45, 2.75) is 33.6 Å². The van der Waals surface area contributed by atoms with E-state index in [1.807, 2.05) is 39.1 Å². The van der Waals surface area contributed by atoms with Crippen molar-refractivity contribution in [3.8, 4) is 0 Å². The van der Waals surface area contributed by atoms with Gasteiger partial charge < -0.3 is 10.2 Å². The Morgan fingerprint density at radius 1 is 1.35 bits per heavy atom. The Balaban J connectivity index is 2.64. The maximum absolute atomic E-state index is 11.9. The van der Waals surface area contributed by atoms with E-state index in [1.165, 1.54) is 5.56 Å². The quantitative estimate of drug-likeness (QED) is 0.848. The summed E-state index contributed by atoms with van der Waals surface area (Å²) in [6, 6.07) is 5.91. The number of benzene rings is 1. The Morgan fingerprint density at radius 3 is 2.71 bits per heavy atom. The highest BCUT2D eigenvalue weighted by Crippen LogP contribution is 2.18. The first-order valence-corrected chi connectivity index (χ1v) is 6.14. The number of hydrogen-bond donors (Lipinski definition) is 1. The minimum absolute atomic E-state index is 0.0350. The number of amides is 2. The number of hydrogen-bond acceptors (Lipinski definition) is 1. The molecule has 0 aromatic heterocycles. The molecular formula is C14H22N2O. The van der Waals surface area contributed by atoms with Crippen molar-refractivity contribution in [3.05, 3.63) is 29.3 Å². The Labute approximate surface area is 104 Å². The van der Waals surface area contributed by atoms with Gasteiger partial charge in [-0.15, -0.1) is 0 Å². The fourth-order valence-electron chi connectivity index (χ4n) is 1.59. The molecule has 0 saturated heterocycles. The third-order valence-electron chi connectivity index (χ3n) is 3.04. The summed E-state index contributed by atoms with van der Waals surface area (Å²) < 4.78 is 0. The van der Waals surface area contributed by atoms with Crippen LogP contribution in [0.3, 0.4) is 0 Å². The molecule has 1 aromatic rings. The highest BCUT2D eigenvalue weighted by Gasteiger charge is 2.09. The number of nitrogens with zero attached hydrogens (tertiary/aromatic N) is 1. The second kappa shape index (κ2) is 6.28. The lowest BCUT2D eigenvalue weighted by Gasteiger charge is -2.18. The lowest BCUT2D eigenvalue weighted by atomic mass is 10.1. The zero-order valence-corrected chi connectivity index (χ0v) is 11.2. The molecule has 0 bridgehead atoms. The average Bonchev–Trinajstić information content (AvgIpc) is 2.31. The van der Waals surface area contributed by atoms with E-state index in [0.717, 1.165) is 30.6 Å². The summed E-state index contributed by atoms with van der Waals surface area (Å²) in [6.45, 7) is 6.99. The van der Waals surface area contributed by atoms with Crippen molar-refractivity contribution in [1.82, 2.24) is 4.90 Å². The molecule has 0 atom stereocenters. The van der Waals surface area contributed by atoms with E-state index in [9.17, 15) is 4.79 Å². The van der Waals surface area contributed by atoms with Crippen molar-refractivity contribution in [2.75, 3.05) is 18.9 Å². The van der Waals surface area contributed by atoms with Crippen LogP contribution in [0, 0.1) is 13.8 Å². The normalized spacial score (nSPS) is 10.1. The van der Waals surface area contributed by atoms with Gasteiger partial charge in [0.05, 0.1) is 0 Å². The predicted molar refractivity (Wildman–Crippen MR) is 72.5 cm³/mol. The Bertz CT molecular complexity index is 388. The van der Waals surface area contributed by atoms with E-state index in [1.54, 1.807) is 4.90 Å². The van der Waals surface area contributed by atoms with Gasteiger partial charge in [0.1, 0.15) is 0 Å². The minimum atomic E-state index is -0.0350. The first kappa shape index (κ1) is 13.6. The van der Waals surface area contributed by atoms with Crippen molar-refractivity contribution in [3.63, 3.8) is 0 Å². The van der Waals surface area contributed by atoms with Gasteiger partial charge in [-0.1, -0.05) is 25.5 Å². The maximum Gasteiger partial charge on any atom is 0.321 e. The molecule has 3 heteroatoms. The van der Waals surface area contributed by atoms with E-state index in [-0.39, 0.29) is 6.03 Å². The second-order valence-corrected chi connectivity index (χ2v) is 4.45. The molecular weight excluding hydrogens is 212 g/mol. The van der Waals surface area contributed by atoms with Crippen LogP contribution < -0.4 is 5.32 Å². The molecule has 3 nitrogen and oxygen atoms in total. The lowest BCUT2D eigenvalue weighted by Crippen LogP contribution is -2.32. The standard InChI is InChI=1S/C14H22N2O/c1-5-6-10-16(4)14(17)15-13-9-7-8-11(2)12(13)3/h7-9H,5-6,10H2,1-4H3,(H,15,17). The van der Waals surface area contributed by atoms with Gasteiger partial charge in [0.2, 0.25) is 0 Å². The maximum atomic E-state index is 11.9. The van der Waals surface area contributed by atoms with Crippen LogP contribution in [-0.2, 0) is 0 Å². The Morgan fingerprint density at radius 2 is 2.06 bits per heavy atom. The monoisotopic (exact) mass is 234 g/mol. The van der Waals surface area contributed by atoms with Gasteiger partial charge in [-0.2, -0.15) is 0 Å². The molecule has 1 aromatic carbocycles. The van der Waals surface area contributed by atoms with E-state index >= 15 is 0 Å². The molecule has 0 fully saturated rings. The molecule has 0 aliphatic carbocycles. The fraction of sp³-hybridized carbons (Fsp3) is 0.500. The molecule has 0 heterocycles. The third kappa shape index (κ3) is 3.77. The molecule has 0 radical (unpaired) electrons. The van der Waals surface area contributed by atoms with Crippen LogP contribution in [0.5, 0.6) is 0 Å². The number of rotatable bonds is 4. The van der Waals surface area contributed by atoms with Gasteiger partial charge in [-0.05, 0) is 37.5 Å². The summed E-state index contributed by atoms with van der Waals surface area (Å²) in [4.78, 5) is 13.6. The number of carbonyl (C=O) groups is 1. The molecule has 94 valence electrons. The zero-order chi connectivity index (χ0) is 12.8. The van der Waals surface area contributed by atoms with Gasteiger partial charge in [-0.25, -0.2) is 4.79 Å². The van der Waals surface area contributed by atoms with Crippen LogP contribution in [-0.4, -0.2) is 24.5 Å². The number of anilines is 1. The van der Waals surface area contributed by atoms with E-state index in [4.69, 9.17) is 0 Å². The highest BCUT2D eigenvalue weighted by atomic mass is 16.2. The van der Waals surface area contributed by atoms with Crippen LogP contribution in [0.4, 0.5) is 10.5 Å². The Kier molecular flexibility index (Phi) is 5.01. The van der Waals surface area contributed by atoms with Crippen molar-refractivity contribution >= 4 is 11.7 Å². The third-order valence-corrected chi connectivity index (χ3v) is 3.04. The number of carbonyl (C=O) groups excluding carboxylic acids is 1. The summed E-state index contributed by atoms with van der Waals surface area (Å²) in [6.07, 6.45) is 2.14. The molecule has 0 saturated carbocycles. The molecule has 0 aliphatic rings. The Hall–Kier alpha value is -1.51. The molecule has 0 unspecified atom stereocenters. The second-order valence-electron chi connectivity index (χ2n) is 4.45. The minimum Gasteiger partial charge on any atom is -0.328 e. The van der Waals surface area contributed by atoms with Crippen LogP contribution >= 0.6 is 0 Å². The summed E-state index contributed by atoms with van der Waals surface area (Å²) in [5, 5.41) is 2.95. The van der Waals surface area contributed by atoms with Gasteiger partial charge in [0.25, 0.3) is 0 Å². The van der Waals surface area contributed by atoms with Crippen LogP contribution in [0.1, 0.15) is 30.9 Å². The van der Waals surface area contributed by atoms with E-state index in [0.29, 0.717) is 0 Å². The lowest BCUT2D eigenvalue weighted by molar-refractivity contribution is 0.222. The molecule has 0 aliphatic heterocycles. The summed E-state index contributed by atoms with van der Waals surface area (Å²) >= 11 is 0. The van der Waals surface area contributed by atoms with Crippen LogP contribution in [0.25, 0.3) is 0 Å². The largest absolute Gasteiger partial charge is 0.328 e. The van der Waals surface area contributed by atoms with E-state index < -0.39 is 0 Å². The summed E-state index contributed by atoms with van der Waals surface area (Å²) in [5.74, 6) is 0. The molecule has 2 amide bonds. The number of nitrogens with one attached hydrogen (secondary N) is 1. The molecule has 17 heavy (non-hydrogen) atoms. The van der Waals surface area contributed by atoms with Crippen LogP contribution in [0.2, 0.25) is 0 Å². The van der Waals surface area contributed by atoms with Gasteiger partial charge in [0, 0.05) is 19.3 Å². The SMILES string of the molecule is CCCCN(C)C(=O)Nc1cccc(C)c1C. The molecule has 1 N–H and O–H groups in total. The predicted octanol–water partition coefficient (Wildman–Crippen LogP) is 3.57. The van der Waals surface area contributed by atoms with Gasteiger partial charge >= 0.3 is 6.03 Å². The molecule has 1 rings (SSSR count). The number of urea groups is 1. The van der Waals surface area contributed by atoms with Crippen molar-refractivity contribution in [1.29, 1.82) is 0 Å². The average molecular weight is 234 g/mol. The summed E-state index contributed by atoms with van der Waals surface area (Å²) in [5.41, 5.74) is 3.22. The molecule has 0 spiro atoms. The van der Waals surface area contributed by atoms with Crippen LogP contribution in [0.15, 0.2) is 18.2 Å². The van der Waals surface area contributed by atoms with E-state index in [2.05, 4.69) is 12.2 Å².